The van der Waals surface area contributed by atoms with Crippen LogP contribution in [-0.2, 0) is 14.3 Å². The van der Waals surface area contributed by atoms with Gasteiger partial charge < -0.3 is 15.2 Å². The third-order valence-corrected chi connectivity index (χ3v) is 3.22. The average Bonchev–Trinajstić information content (AvgIpc) is 2.72. The van der Waals surface area contributed by atoms with Crippen molar-refractivity contribution in [1.29, 1.82) is 0 Å². The quantitative estimate of drug-likeness (QED) is 0.666. The predicted octanol–water partition coefficient (Wildman–Crippen LogP) is -0.702. The van der Waals surface area contributed by atoms with Gasteiger partial charge in [0.05, 0.1) is 18.6 Å². The summed E-state index contributed by atoms with van der Waals surface area (Å²) in [5.41, 5.74) is 0. The molecule has 0 radical (unpaired) electrons. The monoisotopic (exact) mass is 242 g/mol. The molecule has 0 aromatic heterocycles. The number of carbonyl (C=O) groups is 2. The highest BCUT2D eigenvalue weighted by Crippen LogP contribution is 2.14. The van der Waals surface area contributed by atoms with Crippen molar-refractivity contribution in [2.45, 2.75) is 18.9 Å². The summed E-state index contributed by atoms with van der Waals surface area (Å²) in [5.74, 6) is -1.13. The molecule has 96 valence electrons. The van der Waals surface area contributed by atoms with Crippen LogP contribution >= 0.6 is 0 Å². The number of amides is 1. The van der Waals surface area contributed by atoms with E-state index in [0.29, 0.717) is 19.6 Å². The van der Waals surface area contributed by atoms with Crippen LogP contribution in [0.2, 0.25) is 0 Å². The Hall–Kier alpha value is -1.14. The van der Waals surface area contributed by atoms with Gasteiger partial charge in [0.2, 0.25) is 5.91 Å². The van der Waals surface area contributed by atoms with Gasteiger partial charge in [-0.25, -0.2) is 0 Å². The molecular weight excluding hydrogens is 224 g/mol. The molecule has 0 aromatic rings. The summed E-state index contributed by atoms with van der Waals surface area (Å²) < 4.78 is 5.39. The van der Waals surface area contributed by atoms with Crippen LogP contribution < -0.4 is 5.32 Å². The average molecular weight is 242 g/mol. The Morgan fingerprint density at radius 2 is 2.18 bits per heavy atom. The first kappa shape index (κ1) is 12.3. The molecule has 2 aliphatic rings. The molecule has 1 atom stereocenters. The highest BCUT2D eigenvalue weighted by Gasteiger charge is 2.33. The normalized spacial score (nSPS) is 25.5. The van der Waals surface area contributed by atoms with Gasteiger partial charge in [-0.3, -0.25) is 14.5 Å². The molecular formula is C11H18N2O4. The minimum absolute atomic E-state index is 0.0515. The van der Waals surface area contributed by atoms with Gasteiger partial charge in [0.15, 0.2) is 0 Å². The molecule has 2 heterocycles. The molecule has 0 saturated carbocycles. The molecule has 17 heavy (non-hydrogen) atoms. The fourth-order valence-electron chi connectivity index (χ4n) is 2.15. The number of carboxylic acid groups (broad SMARTS) is 1. The van der Waals surface area contributed by atoms with Gasteiger partial charge in [0.25, 0.3) is 0 Å². The first-order valence-electron chi connectivity index (χ1n) is 5.98. The predicted molar refractivity (Wildman–Crippen MR) is 59.5 cm³/mol. The Morgan fingerprint density at radius 1 is 1.41 bits per heavy atom. The summed E-state index contributed by atoms with van der Waals surface area (Å²) in [6, 6.07) is 0. The number of carbonyl (C=O) groups excluding carboxylic acids is 1. The number of aliphatic carboxylic acids is 1. The van der Waals surface area contributed by atoms with Crippen LogP contribution in [-0.4, -0.2) is 60.8 Å². The van der Waals surface area contributed by atoms with E-state index in [-0.39, 0.29) is 24.5 Å². The van der Waals surface area contributed by atoms with E-state index in [1.54, 1.807) is 0 Å². The lowest BCUT2D eigenvalue weighted by molar-refractivity contribution is -0.148. The van der Waals surface area contributed by atoms with E-state index in [1.807, 2.05) is 4.90 Å². The summed E-state index contributed by atoms with van der Waals surface area (Å²) >= 11 is 0. The summed E-state index contributed by atoms with van der Waals surface area (Å²) in [6.07, 6.45) is 2.22. The second-order valence-electron chi connectivity index (χ2n) is 4.67. The minimum atomic E-state index is -0.777. The second-order valence-corrected chi connectivity index (χ2v) is 4.67. The lowest BCUT2D eigenvalue weighted by Crippen LogP contribution is -2.53. The number of hydrogen-bond donors (Lipinski definition) is 2. The molecule has 0 bridgehead atoms. The lowest BCUT2D eigenvalue weighted by atomic mass is 10.0. The van der Waals surface area contributed by atoms with Crippen molar-refractivity contribution in [2.75, 3.05) is 32.8 Å². The molecule has 0 aromatic carbocycles. The third kappa shape index (κ3) is 3.41. The fraction of sp³-hybridized carbons (Fsp3) is 0.818. The standard InChI is InChI=1S/C11H18N2O4/c14-10(12-4-9-2-1-3-17-9)7-13-5-8(6-13)11(15)16/h8-9H,1-7H2,(H,12,14)(H,15,16)/t9-/m0/s1. The zero-order valence-corrected chi connectivity index (χ0v) is 9.72. The van der Waals surface area contributed by atoms with Gasteiger partial charge in [0.1, 0.15) is 0 Å². The fourth-order valence-corrected chi connectivity index (χ4v) is 2.15. The van der Waals surface area contributed by atoms with Crippen LogP contribution in [0, 0.1) is 5.92 Å². The number of nitrogens with zero attached hydrogens (tertiary/aromatic N) is 1. The van der Waals surface area contributed by atoms with E-state index in [4.69, 9.17) is 9.84 Å². The minimum Gasteiger partial charge on any atom is -0.481 e. The Morgan fingerprint density at radius 3 is 2.76 bits per heavy atom. The third-order valence-electron chi connectivity index (χ3n) is 3.22. The van der Waals surface area contributed by atoms with Gasteiger partial charge in [-0.2, -0.15) is 0 Å². The van der Waals surface area contributed by atoms with Crippen LogP contribution in [0.25, 0.3) is 0 Å². The van der Waals surface area contributed by atoms with Crippen LogP contribution in [0.5, 0.6) is 0 Å². The maximum atomic E-state index is 11.5. The molecule has 0 unspecified atom stereocenters. The Labute approximate surface area is 99.9 Å². The van der Waals surface area contributed by atoms with Crippen molar-refractivity contribution in [3.05, 3.63) is 0 Å². The molecule has 0 spiro atoms. The highest BCUT2D eigenvalue weighted by atomic mass is 16.5. The Balaban J connectivity index is 1.57. The van der Waals surface area contributed by atoms with E-state index >= 15 is 0 Å². The number of ether oxygens (including phenoxy) is 1. The van der Waals surface area contributed by atoms with E-state index in [9.17, 15) is 9.59 Å². The lowest BCUT2D eigenvalue weighted by Gasteiger charge is -2.35. The Bertz CT molecular complexity index is 296. The van der Waals surface area contributed by atoms with Crippen molar-refractivity contribution in [3.63, 3.8) is 0 Å². The molecule has 1 amide bonds. The van der Waals surface area contributed by atoms with Crippen LogP contribution in [0.1, 0.15) is 12.8 Å². The number of nitrogens with one attached hydrogen (secondary N) is 1. The second kappa shape index (κ2) is 5.46. The molecule has 2 N–H and O–H groups in total. The summed E-state index contributed by atoms with van der Waals surface area (Å²) in [6.45, 7) is 2.59. The first-order valence-corrected chi connectivity index (χ1v) is 5.98. The van der Waals surface area contributed by atoms with Crippen LogP contribution in [0.3, 0.4) is 0 Å². The van der Waals surface area contributed by atoms with Crippen LogP contribution in [0.4, 0.5) is 0 Å². The van der Waals surface area contributed by atoms with Crippen molar-refractivity contribution in [1.82, 2.24) is 10.2 Å². The highest BCUT2D eigenvalue weighted by molar-refractivity contribution is 5.79. The number of rotatable bonds is 5. The van der Waals surface area contributed by atoms with Gasteiger partial charge in [0, 0.05) is 26.2 Å². The SMILES string of the molecule is O=C(CN1CC(C(=O)O)C1)NC[C@@H]1CCCO1. The topological polar surface area (TPSA) is 78.9 Å². The maximum Gasteiger partial charge on any atom is 0.309 e. The number of hydrogen-bond acceptors (Lipinski definition) is 4. The van der Waals surface area contributed by atoms with Crippen molar-refractivity contribution in [2.24, 2.45) is 5.92 Å². The first-order chi connectivity index (χ1) is 8.15. The largest absolute Gasteiger partial charge is 0.481 e. The molecule has 2 fully saturated rings. The zero-order chi connectivity index (χ0) is 12.3. The van der Waals surface area contributed by atoms with Gasteiger partial charge in [-0.1, -0.05) is 0 Å². The number of carboxylic acids is 1. The van der Waals surface area contributed by atoms with E-state index < -0.39 is 5.97 Å². The molecule has 2 rings (SSSR count). The summed E-state index contributed by atoms with van der Waals surface area (Å²) in [4.78, 5) is 23.9. The molecule has 2 saturated heterocycles. The summed E-state index contributed by atoms with van der Waals surface area (Å²) in [5, 5.41) is 11.5. The van der Waals surface area contributed by atoms with Crippen molar-refractivity contribution < 1.29 is 19.4 Å². The summed E-state index contributed by atoms with van der Waals surface area (Å²) in [7, 11) is 0. The van der Waals surface area contributed by atoms with E-state index in [1.165, 1.54) is 0 Å². The van der Waals surface area contributed by atoms with Gasteiger partial charge >= 0.3 is 5.97 Å². The van der Waals surface area contributed by atoms with Crippen molar-refractivity contribution in [3.8, 4) is 0 Å². The zero-order valence-electron chi connectivity index (χ0n) is 9.72. The van der Waals surface area contributed by atoms with Crippen molar-refractivity contribution >= 4 is 11.9 Å². The van der Waals surface area contributed by atoms with Gasteiger partial charge in [-0.15, -0.1) is 0 Å². The van der Waals surface area contributed by atoms with Gasteiger partial charge in [-0.05, 0) is 12.8 Å². The molecule has 6 heteroatoms. The Kier molecular flexibility index (Phi) is 3.96. The smallest absolute Gasteiger partial charge is 0.309 e. The van der Waals surface area contributed by atoms with E-state index in [2.05, 4.69) is 5.32 Å². The number of likely N-dealkylation sites (tertiary alicyclic amines) is 1. The molecule has 6 nitrogen and oxygen atoms in total. The maximum absolute atomic E-state index is 11.5. The molecule has 0 aliphatic carbocycles. The molecule has 2 aliphatic heterocycles. The van der Waals surface area contributed by atoms with E-state index in [0.717, 1.165) is 19.4 Å². The van der Waals surface area contributed by atoms with Crippen LogP contribution in [0.15, 0.2) is 0 Å².